The van der Waals surface area contributed by atoms with Crippen molar-refractivity contribution in [2.24, 2.45) is 0 Å². The van der Waals surface area contributed by atoms with Crippen LogP contribution in [0.15, 0.2) is 59.5 Å². The van der Waals surface area contributed by atoms with Crippen molar-refractivity contribution in [1.82, 2.24) is 14.7 Å². The van der Waals surface area contributed by atoms with Crippen molar-refractivity contribution in [3.8, 4) is 0 Å². The quantitative estimate of drug-likeness (QED) is 0.773. The first kappa shape index (κ1) is 16.3. The number of nitrogens with one attached hydrogen (secondary N) is 1. The average molecular weight is 354 g/mol. The lowest BCUT2D eigenvalue weighted by molar-refractivity contribution is 0.337. The summed E-state index contributed by atoms with van der Waals surface area (Å²) in [7, 11) is 0. The minimum absolute atomic E-state index is 0.0469. The molecule has 0 spiro atoms. The summed E-state index contributed by atoms with van der Waals surface area (Å²) in [6.07, 6.45) is 6.31. The number of pyridine rings is 1. The first-order chi connectivity index (χ1) is 12.2. The van der Waals surface area contributed by atoms with Crippen molar-refractivity contribution in [3.05, 3.63) is 81.4 Å². The van der Waals surface area contributed by atoms with Crippen LogP contribution in [0.1, 0.15) is 36.9 Å². The maximum atomic E-state index is 12.3. The number of benzene rings is 1. The van der Waals surface area contributed by atoms with Crippen LogP contribution < -0.4 is 10.9 Å². The fourth-order valence-electron chi connectivity index (χ4n) is 3.77. The van der Waals surface area contributed by atoms with Gasteiger partial charge >= 0.3 is 0 Å². The Bertz CT molecular complexity index is 943. The molecule has 1 fully saturated rings. The van der Waals surface area contributed by atoms with Crippen molar-refractivity contribution in [2.75, 3.05) is 0 Å². The molecular formula is C20H20ClN3O. The van der Waals surface area contributed by atoms with Gasteiger partial charge in [-0.15, -0.1) is 0 Å². The Morgan fingerprint density at radius 1 is 1.12 bits per heavy atom. The van der Waals surface area contributed by atoms with Crippen LogP contribution in [0.2, 0.25) is 5.02 Å². The third-order valence-corrected chi connectivity index (χ3v) is 5.34. The van der Waals surface area contributed by atoms with Crippen molar-refractivity contribution >= 4 is 17.2 Å². The molecule has 2 heterocycles. The zero-order chi connectivity index (χ0) is 17.3. The highest BCUT2D eigenvalue weighted by Gasteiger charge is 2.35. The van der Waals surface area contributed by atoms with Gasteiger partial charge in [-0.3, -0.25) is 9.20 Å². The maximum absolute atomic E-state index is 12.3. The number of rotatable bonds is 4. The van der Waals surface area contributed by atoms with Gasteiger partial charge in [-0.1, -0.05) is 42.6 Å². The lowest BCUT2D eigenvalue weighted by Gasteiger charge is -2.31. The summed E-state index contributed by atoms with van der Waals surface area (Å²) in [5.74, 6) is 0. The number of halogens is 1. The van der Waals surface area contributed by atoms with E-state index in [1.54, 1.807) is 16.7 Å². The van der Waals surface area contributed by atoms with Crippen LogP contribution >= 0.6 is 11.6 Å². The van der Waals surface area contributed by atoms with Crippen molar-refractivity contribution in [1.29, 1.82) is 0 Å². The number of hydrogen-bond donors (Lipinski definition) is 1. The predicted molar refractivity (Wildman–Crippen MR) is 99.9 cm³/mol. The van der Waals surface area contributed by atoms with E-state index in [1.807, 2.05) is 30.3 Å². The van der Waals surface area contributed by atoms with Gasteiger partial charge in [0.2, 0.25) is 0 Å². The van der Waals surface area contributed by atoms with E-state index in [4.69, 9.17) is 11.6 Å². The number of nitrogens with zero attached hydrogens (tertiary/aromatic N) is 2. The van der Waals surface area contributed by atoms with E-state index in [0.29, 0.717) is 12.2 Å². The fraction of sp³-hybridized carbons (Fsp3) is 0.300. The number of fused-ring (bicyclic) bond motifs is 1. The second kappa shape index (κ2) is 6.62. The monoisotopic (exact) mass is 353 g/mol. The minimum atomic E-state index is -0.0614. The Kier molecular flexibility index (Phi) is 4.32. The molecular weight excluding hydrogens is 334 g/mol. The summed E-state index contributed by atoms with van der Waals surface area (Å²) in [4.78, 5) is 16.9. The predicted octanol–water partition coefficient (Wildman–Crippen LogP) is 3.91. The Hall–Kier alpha value is -2.17. The molecule has 0 bridgehead atoms. The van der Waals surface area contributed by atoms with Crippen LogP contribution in [-0.2, 0) is 12.1 Å². The van der Waals surface area contributed by atoms with Crippen molar-refractivity contribution in [2.45, 2.75) is 37.8 Å². The molecule has 1 N–H and O–H groups in total. The van der Waals surface area contributed by atoms with E-state index in [0.717, 1.165) is 23.6 Å². The van der Waals surface area contributed by atoms with E-state index >= 15 is 0 Å². The van der Waals surface area contributed by atoms with Crippen LogP contribution in [0.4, 0.5) is 0 Å². The molecule has 2 aromatic heterocycles. The topological polar surface area (TPSA) is 46.4 Å². The van der Waals surface area contributed by atoms with E-state index in [9.17, 15) is 4.79 Å². The van der Waals surface area contributed by atoms with Crippen molar-refractivity contribution in [3.63, 3.8) is 0 Å². The number of aromatic nitrogens is 2. The van der Waals surface area contributed by atoms with Gasteiger partial charge in [0.25, 0.3) is 5.56 Å². The van der Waals surface area contributed by atoms with E-state index in [1.165, 1.54) is 18.4 Å². The Balaban J connectivity index is 1.62. The number of hydrogen-bond acceptors (Lipinski definition) is 3. The van der Waals surface area contributed by atoms with Gasteiger partial charge in [-0.05, 0) is 42.7 Å². The Morgan fingerprint density at radius 2 is 1.88 bits per heavy atom. The van der Waals surface area contributed by atoms with Gasteiger partial charge < -0.3 is 5.32 Å². The van der Waals surface area contributed by atoms with Gasteiger partial charge in [-0.25, -0.2) is 4.98 Å². The Labute approximate surface area is 151 Å². The standard InChI is InChI=1S/C20H20ClN3O/c21-16-8-6-15(7-9-16)20(10-2-3-11-20)22-14-17-13-19(25)24-12-4-1-5-18(24)23-17/h1,4-9,12-13,22H,2-3,10-11,14H2. The highest BCUT2D eigenvalue weighted by Crippen LogP contribution is 2.39. The molecule has 128 valence electrons. The summed E-state index contributed by atoms with van der Waals surface area (Å²) in [5.41, 5.74) is 2.60. The normalized spacial score (nSPS) is 16.4. The molecule has 0 atom stereocenters. The summed E-state index contributed by atoms with van der Waals surface area (Å²) in [6, 6.07) is 15.3. The Morgan fingerprint density at radius 3 is 2.64 bits per heavy atom. The fourth-order valence-corrected chi connectivity index (χ4v) is 3.89. The molecule has 25 heavy (non-hydrogen) atoms. The summed E-state index contributed by atoms with van der Waals surface area (Å²) in [6.45, 7) is 0.573. The van der Waals surface area contributed by atoms with Crippen LogP contribution in [0, 0.1) is 0 Å². The molecule has 4 nitrogen and oxygen atoms in total. The molecule has 1 aliphatic carbocycles. The van der Waals surface area contributed by atoms with Gasteiger partial charge in [0.05, 0.1) is 5.69 Å². The second-order valence-electron chi connectivity index (χ2n) is 6.66. The molecule has 1 aromatic carbocycles. The molecule has 3 aromatic rings. The van der Waals surface area contributed by atoms with Gasteiger partial charge in [0.15, 0.2) is 0 Å². The van der Waals surface area contributed by atoms with Crippen LogP contribution in [0.25, 0.3) is 5.65 Å². The van der Waals surface area contributed by atoms with Gasteiger partial charge in [0, 0.05) is 29.4 Å². The lowest BCUT2D eigenvalue weighted by Crippen LogP contribution is -2.39. The average Bonchev–Trinajstić information content (AvgIpc) is 3.11. The van der Waals surface area contributed by atoms with Gasteiger partial charge in [-0.2, -0.15) is 0 Å². The van der Waals surface area contributed by atoms with Crippen LogP contribution in [0.3, 0.4) is 0 Å². The molecule has 0 radical (unpaired) electrons. The largest absolute Gasteiger partial charge is 0.302 e. The molecule has 1 saturated carbocycles. The van der Waals surface area contributed by atoms with E-state index in [-0.39, 0.29) is 11.1 Å². The lowest BCUT2D eigenvalue weighted by atomic mass is 9.88. The maximum Gasteiger partial charge on any atom is 0.258 e. The van der Waals surface area contributed by atoms with E-state index < -0.39 is 0 Å². The van der Waals surface area contributed by atoms with Crippen LogP contribution in [-0.4, -0.2) is 9.38 Å². The van der Waals surface area contributed by atoms with Crippen molar-refractivity contribution < 1.29 is 0 Å². The first-order valence-electron chi connectivity index (χ1n) is 8.65. The second-order valence-corrected chi connectivity index (χ2v) is 7.10. The van der Waals surface area contributed by atoms with Gasteiger partial charge in [0.1, 0.15) is 5.65 Å². The molecule has 1 aliphatic rings. The molecule has 0 amide bonds. The molecule has 4 rings (SSSR count). The molecule has 0 saturated heterocycles. The minimum Gasteiger partial charge on any atom is -0.302 e. The summed E-state index contributed by atoms with van der Waals surface area (Å²) < 4.78 is 1.56. The smallest absolute Gasteiger partial charge is 0.258 e. The zero-order valence-corrected chi connectivity index (χ0v) is 14.7. The summed E-state index contributed by atoms with van der Waals surface area (Å²) >= 11 is 6.04. The first-order valence-corrected chi connectivity index (χ1v) is 9.03. The SMILES string of the molecule is O=c1cc(CNC2(c3ccc(Cl)cc3)CCCC2)nc2ccccn12. The highest BCUT2D eigenvalue weighted by molar-refractivity contribution is 6.30. The third-order valence-electron chi connectivity index (χ3n) is 5.09. The molecule has 0 unspecified atom stereocenters. The summed E-state index contributed by atoms with van der Waals surface area (Å²) in [5, 5.41) is 4.44. The molecule has 0 aliphatic heterocycles. The highest BCUT2D eigenvalue weighted by atomic mass is 35.5. The molecule has 5 heteroatoms. The zero-order valence-electron chi connectivity index (χ0n) is 13.9. The van der Waals surface area contributed by atoms with Crippen LogP contribution in [0.5, 0.6) is 0 Å². The third kappa shape index (κ3) is 3.20. The van der Waals surface area contributed by atoms with E-state index in [2.05, 4.69) is 22.4 Å².